The number of hydrogen-bond acceptors (Lipinski definition) is 6. The zero-order valence-corrected chi connectivity index (χ0v) is 17.6. The second-order valence-electron chi connectivity index (χ2n) is 7.06. The van der Waals surface area contributed by atoms with Crippen molar-refractivity contribution in [2.24, 2.45) is 0 Å². The zero-order valence-electron chi connectivity index (χ0n) is 16.8. The Morgan fingerprint density at radius 2 is 1.83 bits per heavy atom. The molecular weight excluding hydrogens is 400 g/mol. The van der Waals surface area contributed by atoms with Gasteiger partial charge in [-0.2, -0.15) is 0 Å². The number of nitrogens with zero attached hydrogens (tertiary/aromatic N) is 2. The molecule has 0 atom stereocenters. The molecule has 8 heteroatoms. The number of rotatable bonds is 5. The number of carbonyl (C=O) groups is 2. The fraction of sp³-hybridized carbons (Fsp3) is 0.182. The lowest BCUT2D eigenvalue weighted by atomic mass is 10.0. The molecule has 4 rings (SSSR count). The Hall–Kier alpha value is -3.52. The summed E-state index contributed by atoms with van der Waals surface area (Å²) < 4.78 is 5.38. The van der Waals surface area contributed by atoms with E-state index in [0.29, 0.717) is 32.7 Å². The molecule has 2 aromatic carbocycles. The summed E-state index contributed by atoms with van der Waals surface area (Å²) in [7, 11) is 0. The SMILES string of the molecule is Cc1cc(C)c2c(CC(=O)Nc3nc(C)c(C(=O)Nc4ccccc4)s3)noc2c1. The quantitative estimate of drug-likeness (QED) is 0.490. The minimum Gasteiger partial charge on any atom is -0.356 e. The Morgan fingerprint density at radius 1 is 1.07 bits per heavy atom. The van der Waals surface area contributed by atoms with Gasteiger partial charge in [-0.05, 0) is 50.1 Å². The van der Waals surface area contributed by atoms with E-state index in [4.69, 9.17) is 4.52 Å². The number of amides is 2. The predicted molar refractivity (Wildman–Crippen MR) is 117 cm³/mol. The number of benzene rings is 2. The van der Waals surface area contributed by atoms with Gasteiger partial charge in [-0.3, -0.25) is 9.59 Å². The molecule has 0 radical (unpaired) electrons. The van der Waals surface area contributed by atoms with E-state index in [1.807, 2.05) is 56.3 Å². The van der Waals surface area contributed by atoms with Gasteiger partial charge in [0.15, 0.2) is 10.7 Å². The number of carbonyl (C=O) groups excluding carboxylic acids is 2. The van der Waals surface area contributed by atoms with Crippen LogP contribution in [0.25, 0.3) is 11.0 Å². The first-order valence-corrected chi connectivity index (χ1v) is 10.2. The first kappa shape index (κ1) is 19.8. The number of para-hydroxylation sites is 1. The lowest BCUT2D eigenvalue weighted by molar-refractivity contribution is -0.115. The topological polar surface area (TPSA) is 97.1 Å². The van der Waals surface area contributed by atoms with E-state index < -0.39 is 0 Å². The molecule has 30 heavy (non-hydrogen) atoms. The van der Waals surface area contributed by atoms with Crippen LogP contribution in [-0.4, -0.2) is 22.0 Å². The fourth-order valence-corrected chi connectivity index (χ4v) is 4.20. The largest absolute Gasteiger partial charge is 0.356 e. The summed E-state index contributed by atoms with van der Waals surface area (Å²) in [6.45, 7) is 5.69. The maximum atomic E-state index is 12.6. The Kier molecular flexibility index (Phi) is 5.33. The van der Waals surface area contributed by atoms with Crippen LogP contribution in [0.1, 0.15) is 32.2 Å². The standard InChI is InChI=1S/C22H20N4O3S/c1-12-9-13(2)19-16(26-29-17(19)10-12)11-18(27)25-22-23-14(3)20(30-22)21(28)24-15-7-5-4-6-8-15/h4-10H,11H2,1-3H3,(H,24,28)(H,23,25,27). The van der Waals surface area contributed by atoms with Gasteiger partial charge in [0.05, 0.1) is 12.1 Å². The highest BCUT2D eigenvalue weighted by molar-refractivity contribution is 7.17. The molecule has 0 unspecified atom stereocenters. The number of thiazole rings is 1. The van der Waals surface area contributed by atoms with E-state index in [2.05, 4.69) is 20.8 Å². The molecule has 0 aliphatic heterocycles. The minimum absolute atomic E-state index is 0.0566. The van der Waals surface area contributed by atoms with Gasteiger partial charge in [0, 0.05) is 11.1 Å². The van der Waals surface area contributed by atoms with Crippen molar-refractivity contribution in [2.45, 2.75) is 27.2 Å². The van der Waals surface area contributed by atoms with Crippen LogP contribution in [0, 0.1) is 20.8 Å². The summed E-state index contributed by atoms with van der Waals surface area (Å²) >= 11 is 1.14. The van der Waals surface area contributed by atoms with Gasteiger partial charge in [-0.25, -0.2) is 4.98 Å². The molecule has 2 heterocycles. The summed E-state index contributed by atoms with van der Waals surface area (Å²) in [5.74, 6) is -0.529. The van der Waals surface area contributed by atoms with E-state index in [1.54, 1.807) is 6.92 Å². The van der Waals surface area contributed by atoms with Crippen LogP contribution in [0.4, 0.5) is 10.8 Å². The highest BCUT2D eigenvalue weighted by Crippen LogP contribution is 2.26. The summed E-state index contributed by atoms with van der Waals surface area (Å²) in [6, 6.07) is 13.1. The van der Waals surface area contributed by atoms with Gasteiger partial charge in [0.25, 0.3) is 5.91 Å². The third-order valence-corrected chi connectivity index (χ3v) is 5.67. The highest BCUT2D eigenvalue weighted by atomic mass is 32.1. The molecule has 0 aliphatic rings. The molecule has 0 bridgehead atoms. The van der Waals surface area contributed by atoms with Crippen LogP contribution in [0.5, 0.6) is 0 Å². The second kappa shape index (κ2) is 8.08. The molecule has 7 nitrogen and oxygen atoms in total. The van der Waals surface area contributed by atoms with E-state index in [9.17, 15) is 9.59 Å². The summed E-state index contributed by atoms with van der Waals surface area (Å²) in [4.78, 5) is 29.8. The average molecular weight is 420 g/mol. The second-order valence-corrected chi connectivity index (χ2v) is 8.06. The number of fused-ring (bicyclic) bond motifs is 1. The fourth-order valence-electron chi connectivity index (χ4n) is 3.33. The maximum Gasteiger partial charge on any atom is 0.267 e. The van der Waals surface area contributed by atoms with Gasteiger partial charge in [0.1, 0.15) is 10.6 Å². The normalized spacial score (nSPS) is 10.9. The number of hydrogen-bond donors (Lipinski definition) is 2. The molecule has 152 valence electrons. The van der Waals surface area contributed by atoms with Crippen molar-refractivity contribution < 1.29 is 14.1 Å². The van der Waals surface area contributed by atoms with Crippen molar-refractivity contribution in [2.75, 3.05) is 10.6 Å². The maximum absolute atomic E-state index is 12.6. The highest BCUT2D eigenvalue weighted by Gasteiger charge is 2.19. The smallest absolute Gasteiger partial charge is 0.267 e. The summed E-state index contributed by atoms with van der Waals surface area (Å²) in [5.41, 5.74) is 4.59. The van der Waals surface area contributed by atoms with Crippen LogP contribution in [0.3, 0.4) is 0 Å². The zero-order chi connectivity index (χ0) is 21.3. The molecule has 4 aromatic rings. The third kappa shape index (κ3) is 4.08. The van der Waals surface area contributed by atoms with Gasteiger partial charge in [0.2, 0.25) is 5.91 Å². The summed E-state index contributed by atoms with van der Waals surface area (Å²) in [5, 5.41) is 10.9. The Morgan fingerprint density at radius 3 is 2.60 bits per heavy atom. The van der Waals surface area contributed by atoms with E-state index in [1.165, 1.54) is 0 Å². The minimum atomic E-state index is -0.269. The van der Waals surface area contributed by atoms with Crippen molar-refractivity contribution in [3.8, 4) is 0 Å². The van der Waals surface area contributed by atoms with Gasteiger partial charge in [-0.15, -0.1) is 0 Å². The van der Waals surface area contributed by atoms with Gasteiger partial charge < -0.3 is 15.2 Å². The van der Waals surface area contributed by atoms with Crippen molar-refractivity contribution in [1.29, 1.82) is 0 Å². The number of anilines is 2. The first-order chi connectivity index (χ1) is 14.4. The van der Waals surface area contributed by atoms with Crippen LogP contribution < -0.4 is 10.6 Å². The lowest BCUT2D eigenvalue weighted by Gasteiger charge is -2.03. The van der Waals surface area contributed by atoms with Crippen molar-refractivity contribution in [3.63, 3.8) is 0 Å². The Labute approximate surface area is 177 Å². The van der Waals surface area contributed by atoms with E-state index in [0.717, 1.165) is 27.8 Å². The number of aromatic nitrogens is 2. The molecular formula is C22H20N4O3S. The molecule has 2 N–H and O–H groups in total. The Balaban J connectivity index is 1.47. The molecule has 2 amide bonds. The molecule has 0 aliphatic carbocycles. The van der Waals surface area contributed by atoms with Crippen LogP contribution in [0.2, 0.25) is 0 Å². The molecule has 0 saturated heterocycles. The van der Waals surface area contributed by atoms with Crippen LogP contribution in [0.15, 0.2) is 47.0 Å². The number of aryl methyl sites for hydroxylation is 3. The van der Waals surface area contributed by atoms with Gasteiger partial charge in [-0.1, -0.05) is 40.8 Å². The third-order valence-electron chi connectivity index (χ3n) is 4.60. The molecule has 0 spiro atoms. The van der Waals surface area contributed by atoms with Crippen molar-refractivity contribution >= 4 is 44.9 Å². The lowest BCUT2D eigenvalue weighted by Crippen LogP contribution is -2.14. The molecule has 0 fully saturated rings. The van der Waals surface area contributed by atoms with E-state index in [-0.39, 0.29) is 18.2 Å². The van der Waals surface area contributed by atoms with Crippen LogP contribution in [-0.2, 0) is 11.2 Å². The molecule has 0 saturated carbocycles. The van der Waals surface area contributed by atoms with E-state index >= 15 is 0 Å². The molecule has 2 aromatic heterocycles. The average Bonchev–Trinajstić information content (AvgIpc) is 3.25. The predicted octanol–water partition coefficient (Wildman–Crippen LogP) is 4.64. The van der Waals surface area contributed by atoms with Crippen molar-refractivity contribution in [3.05, 3.63) is 69.9 Å². The summed E-state index contributed by atoms with van der Waals surface area (Å²) in [6.07, 6.45) is 0.0566. The monoisotopic (exact) mass is 420 g/mol. The Bertz CT molecular complexity index is 1240. The van der Waals surface area contributed by atoms with Crippen molar-refractivity contribution in [1.82, 2.24) is 10.1 Å². The first-order valence-electron chi connectivity index (χ1n) is 9.40. The van der Waals surface area contributed by atoms with Crippen LogP contribution >= 0.6 is 11.3 Å². The number of nitrogens with one attached hydrogen (secondary N) is 2. The van der Waals surface area contributed by atoms with Gasteiger partial charge >= 0.3 is 0 Å².